The van der Waals surface area contributed by atoms with Crippen LogP contribution in [0.25, 0.3) is 11.0 Å². The number of anilines is 1. The summed E-state index contributed by atoms with van der Waals surface area (Å²) < 4.78 is 5.20. The molecule has 0 spiro atoms. The molecule has 4 heteroatoms. The minimum atomic E-state index is -0.637. The van der Waals surface area contributed by atoms with Crippen LogP contribution in [0.5, 0.6) is 0 Å². The van der Waals surface area contributed by atoms with E-state index in [4.69, 9.17) is 4.42 Å². The maximum absolute atomic E-state index is 12.4. The van der Waals surface area contributed by atoms with Gasteiger partial charge in [-0.2, -0.15) is 0 Å². The van der Waals surface area contributed by atoms with E-state index in [2.05, 4.69) is 19.2 Å². The molecule has 0 radical (unpaired) electrons. The first-order valence-electron chi connectivity index (χ1n) is 8.02. The Bertz CT molecular complexity index is 926. The molecular weight excluding hydrogens is 302 g/mol. The van der Waals surface area contributed by atoms with Gasteiger partial charge in [-0.05, 0) is 42.2 Å². The van der Waals surface area contributed by atoms with Gasteiger partial charge in [0.2, 0.25) is 0 Å². The van der Waals surface area contributed by atoms with Crippen molar-refractivity contribution in [3.63, 3.8) is 0 Å². The third-order valence-electron chi connectivity index (χ3n) is 4.24. The second kappa shape index (κ2) is 6.71. The number of rotatable bonds is 4. The molecule has 1 amide bonds. The van der Waals surface area contributed by atoms with E-state index in [1.807, 2.05) is 30.3 Å². The Morgan fingerprint density at radius 1 is 1.12 bits per heavy atom. The fourth-order valence-electron chi connectivity index (χ4n) is 2.55. The summed E-state index contributed by atoms with van der Waals surface area (Å²) in [5.41, 5.74) is 1.71. The monoisotopic (exact) mass is 321 g/mol. The Balaban J connectivity index is 1.84. The van der Waals surface area contributed by atoms with E-state index in [0.29, 0.717) is 17.2 Å². The van der Waals surface area contributed by atoms with Crippen LogP contribution >= 0.6 is 0 Å². The first-order chi connectivity index (χ1) is 11.6. The van der Waals surface area contributed by atoms with E-state index in [-0.39, 0.29) is 5.56 Å². The predicted octanol–water partition coefficient (Wildman–Crippen LogP) is 4.56. The Labute approximate surface area is 140 Å². The highest BCUT2D eigenvalue weighted by Crippen LogP contribution is 2.21. The molecule has 1 heterocycles. The van der Waals surface area contributed by atoms with Crippen LogP contribution in [0.4, 0.5) is 5.69 Å². The number of para-hydroxylation sites is 1. The average molecular weight is 321 g/mol. The lowest BCUT2D eigenvalue weighted by Crippen LogP contribution is -2.20. The van der Waals surface area contributed by atoms with E-state index in [0.717, 1.165) is 11.8 Å². The number of nitrogens with one attached hydrogen (secondary N) is 1. The Kier molecular flexibility index (Phi) is 4.47. The summed E-state index contributed by atoms with van der Waals surface area (Å²) in [7, 11) is 0. The van der Waals surface area contributed by atoms with Crippen molar-refractivity contribution in [2.24, 2.45) is 0 Å². The van der Waals surface area contributed by atoms with Crippen molar-refractivity contribution in [2.75, 3.05) is 5.32 Å². The Morgan fingerprint density at radius 2 is 1.83 bits per heavy atom. The smallest absolute Gasteiger partial charge is 0.349 e. The van der Waals surface area contributed by atoms with Gasteiger partial charge in [0.1, 0.15) is 11.1 Å². The topological polar surface area (TPSA) is 59.3 Å². The molecule has 4 nitrogen and oxygen atoms in total. The van der Waals surface area contributed by atoms with Crippen molar-refractivity contribution < 1.29 is 9.21 Å². The SMILES string of the molecule is CC[C@@H](C)c1ccc(NC(=O)c2cc3ccccc3oc2=O)cc1. The number of benzene rings is 2. The molecule has 0 saturated carbocycles. The van der Waals surface area contributed by atoms with Crippen molar-refractivity contribution in [3.05, 3.63) is 76.1 Å². The third kappa shape index (κ3) is 3.23. The van der Waals surface area contributed by atoms with Crippen LogP contribution in [0, 0.1) is 0 Å². The Morgan fingerprint density at radius 3 is 2.54 bits per heavy atom. The minimum absolute atomic E-state index is 0.000275. The van der Waals surface area contributed by atoms with Crippen LogP contribution in [0.1, 0.15) is 42.1 Å². The molecule has 0 aliphatic heterocycles. The number of amides is 1. The van der Waals surface area contributed by atoms with Crippen LogP contribution in [0.15, 0.2) is 63.8 Å². The number of hydrogen-bond acceptors (Lipinski definition) is 3. The molecule has 1 atom stereocenters. The van der Waals surface area contributed by atoms with Gasteiger partial charge in [-0.1, -0.05) is 44.2 Å². The third-order valence-corrected chi connectivity index (χ3v) is 4.24. The van der Waals surface area contributed by atoms with Crippen LogP contribution < -0.4 is 10.9 Å². The molecule has 1 N–H and O–H groups in total. The summed E-state index contributed by atoms with van der Waals surface area (Å²) in [6.45, 7) is 4.30. The van der Waals surface area contributed by atoms with Gasteiger partial charge in [-0.3, -0.25) is 4.79 Å². The molecule has 2 aromatic carbocycles. The molecule has 24 heavy (non-hydrogen) atoms. The zero-order valence-electron chi connectivity index (χ0n) is 13.7. The summed E-state index contributed by atoms with van der Waals surface area (Å²) in [5, 5.41) is 3.47. The highest BCUT2D eigenvalue weighted by atomic mass is 16.4. The fourth-order valence-corrected chi connectivity index (χ4v) is 2.55. The second-order valence-corrected chi connectivity index (χ2v) is 5.87. The Hall–Kier alpha value is -2.88. The van der Waals surface area contributed by atoms with Crippen molar-refractivity contribution in [3.8, 4) is 0 Å². The predicted molar refractivity (Wildman–Crippen MR) is 95.6 cm³/mol. The average Bonchev–Trinajstić information content (AvgIpc) is 2.61. The van der Waals surface area contributed by atoms with Crippen molar-refractivity contribution in [2.45, 2.75) is 26.2 Å². The van der Waals surface area contributed by atoms with Gasteiger partial charge in [-0.15, -0.1) is 0 Å². The van der Waals surface area contributed by atoms with E-state index in [9.17, 15) is 9.59 Å². The summed E-state index contributed by atoms with van der Waals surface area (Å²) >= 11 is 0. The van der Waals surface area contributed by atoms with Gasteiger partial charge in [0.25, 0.3) is 5.91 Å². The molecule has 0 aliphatic carbocycles. The van der Waals surface area contributed by atoms with E-state index in [1.165, 1.54) is 5.56 Å². The van der Waals surface area contributed by atoms with Gasteiger partial charge >= 0.3 is 5.63 Å². The van der Waals surface area contributed by atoms with Gasteiger partial charge < -0.3 is 9.73 Å². The first-order valence-corrected chi connectivity index (χ1v) is 8.02. The van der Waals surface area contributed by atoms with Gasteiger partial charge in [0.05, 0.1) is 0 Å². The van der Waals surface area contributed by atoms with Gasteiger partial charge in [-0.25, -0.2) is 4.79 Å². The van der Waals surface area contributed by atoms with Gasteiger partial charge in [0, 0.05) is 11.1 Å². The number of carbonyl (C=O) groups is 1. The molecule has 0 bridgehead atoms. The summed E-state index contributed by atoms with van der Waals surface area (Å²) in [4.78, 5) is 24.4. The van der Waals surface area contributed by atoms with E-state index < -0.39 is 11.5 Å². The first kappa shape index (κ1) is 16.0. The van der Waals surface area contributed by atoms with Crippen LogP contribution in [0.2, 0.25) is 0 Å². The van der Waals surface area contributed by atoms with Crippen LogP contribution in [-0.2, 0) is 0 Å². The summed E-state index contributed by atoms with van der Waals surface area (Å²) in [5.74, 6) is 0.00748. The highest BCUT2D eigenvalue weighted by Gasteiger charge is 2.14. The molecule has 122 valence electrons. The number of hydrogen-bond donors (Lipinski definition) is 1. The molecule has 0 fully saturated rings. The molecular formula is C20H19NO3. The van der Waals surface area contributed by atoms with Gasteiger partial charge in [0.15, 0.2) is 0 Å². The lowest BCUT2D eigenvalue weighted by Gasteiger charge is -2.10. The molecule has 0 aliphatic rings. The van der Waals surface area contributed by atoms with Crippen molar-refractivity contribution in [1.29, 1.82) is 0 Å². The zero-order valence-corrected chi connectivity index (χ0v) is 13.7. The number of carbonyl (C=O) groups excluding carboxylic acids is 1. The van der Waals surface area contributed by atoms with Crippen molar-refractivity contribution in [1.82, 2.24) is 0 Å². The van der Waals surface area contributed by atoms with E-state index >= 15 is 0 Å². The summed E-state index contributed by atoms with van der Waals surface area (Å²) in [6.07, 6.45) is 1.06. The van der Waals surface area contributed by atoms with Crippen LogP contribution in [0.3, 0.4) is 0 Å². The molecule has 0 unspecified atom stereocenters. The van der Waals surface area contributed by atoms with Crippen molar-refractivity contribution >= 4 is 22.6 Å². The number of fused-ring (bicyclic) bond motifs is 1. The quantitative estimate of drug-likeness (QED) is 0.717. The normalized spacial score (nSPS) is 12.1. The highest BCUT2D eigenvalue weighted by molar-refractivity contribution is 6.05. The largest absolute Gasteiger partial charge is 0.422 e. The lowest BCUT2D eigenvalue weighted by atomic mass is 9.98. The molecule has 0 saturated heterocycles. The molecule has 3 aromatic rings. The maximum Gasteiger partial charge on any atom is 0.349 e. The summed E-state index contributed by atoms with van der Waals surface area (Å²) in [6, 6.07) is 16.4. The zero-order chi connectivity index (χ0) is 17.1. The minimum Gasteiger partial charge on any atom is -0.422 e. The standard InChI is InChI=1S/C20H19NO3/c1-3-13(2)14-8-10-16(11-9-14)21-19(22)17-12-15-6-4-5-7-18(15)24-20(17)23/h4-13H,3H2,1-2H3,(H,21,22)/t13-/m1/s1. The molecule has 1 aromatic heterocycles. The maximum atomic E-state index is 12.4. The fraction of sp³-hybridized carbons (Fsp3) is 0.200. The second-order valence-electron chi connectivity index (χ2n) is 5.87. The van der Waals surface area contributed by atoms with Crippen LogP contribution in [-0.4, -0.2) is 5.91 Å². The van der Waals surface area contributed by atoms with E-state index in [1.54, 1.807) is 24.3 Å². The lowest BCUT2D eigenvalue weighted by molar-refractivity contribution is 0.102. The molecule has 3 rings (SSSR count).